The van der Waals surface area contributed by atoms with E-state index in [-0.39, 0.29) is 5.91 Å². The summed E-state index contributed by atoms with van der Waals surface area (Å²) in [5.41, 5.74) is 6.52. The van der Waals surface area contributed by atoms with Crippen molar-refractivity contribution in [2.24, 2.45) is 0 Å². The number of hydrogen-bond donors (Lipinski definition) is 1. The largest absolute Gasteiger partial charge is 0.375 e. The van der Waals surface area contributed by atoms with Crippen LogP contribution in [0.15, 0.2) is 5.38 Å². The van der Waals surface area contributed by atoms with E-state index in [2.05, 4.69) is 30.7 Å². The molecule has 1 fully saturated rings. The molecule has 0 saturated carbocycles. The lowest BCUT2D eigenvalue weighted by Gasteiger charge is -2.42. The number of aryl methyl sites for hydroxylation is 1. The third-order valence-corrected chi connectivity index (χ3v) is 4.58. The summed E-state index contributed by atoms with van der Waals surface area (Å²) in [5, 5.41) is 2.51. The van der Waals surface area contributed by atoms with Gasteiger partial charge >= 0.3 is 0 Å². The van der Waals surface area contributed by atoms with Gasteiger partial charge in [0.25, 0.3) is 0 Å². The lowest BCUT2D eigenvalue weighted by molar-refractivity contribution is -0.134. The normalized spacial score (nSPS) is 20.6. The number of hydrogen-bond acceptors (Lipinski definition) is 5. The number of nitrogens with zero attached hydrogens (tertiary/aromatic N) is 3. The van der Waals surface area contributed by atoms with Gasteiger partial charge in [-0.05, 0) is 27.2 Å². The van der Waals surface area contributed by atoms with E-state index < -0.39 is 0 Å². The van der Waals surface area contributed by atoms with Gasteiger partial charge in [0, 0.05) is 43.5 Å². The van der Waals surface area contributed by atoms with Crippen molar-refractivity contribution in [3.05, 3.63) is 11.1 Å². The van der Waals surface area contributed by atoms with Crippen molar-refractivity contribution < 1.29 is 4.79 Å². The molecule has 6 heteroatoms. The molecular formula is C14H24N4OS. The van der Waals surface area contributed by atoms with Gasteiger partial charge in [0.15, 0.2) is 5.13 Å². The predicted octanol–water partition coefficient (Wildman–Crippen LogP) is 1.60. The topological polar surface area (TPSA) is 62.5 Å². The SMILES string of the molecule is CC(C)N1CCN(C(=O)CCc2csc(N)n2)C[C@H]1C. The summed E-state index contributed by atoms with van der Waals surface area (Å²) in [6.45, 7) is 9.24. The highest BCUT2D eigenvalue weighted by molar-refractivity contribution is 7.13. The van der Waals surface area contributed by atoms with Crippen LogP contribution in [0.25, 0.3) is 0 Å². The molecule has 1 aliphatic heterocycles. The van der Waals surface area contributed by atoms with Gasteiger partial charge in [-0.15, -0.1) is 11.3 Å². The molecule has 0 radical (unpaired) electrons. The monoisotopic (exact) mass is 296 g/mol. The maximum atomic E-state index is 12.3. The quantitative estimate of drug-likeness (QED) is 0.916. The zero-order chi connectivity index (χ0) is 14.7. The summed E-state index contributed by atoms with van der Waals surface area (Å²) in [6.07, 6.45) is 1.21. The number of aromatic nitrogens is 1. The Morgan fingerprint density at radius 2 is 2.30 bits per heavy atom. The van der Waals surface area contributed by atoms with E-state index in [0.29, 0.717) is 30.1 Å². The van der Waals surface area contributed by atoms with Crippen LogP contribution < -0.4 is 5.73 Å². The molecule has 0 unspecified atom stereocenters. The number of carbonyl (C=O) groups is 1. The highest BCUT2D eigenvalue weighted by atomic mass is 32.1. The summed E-state index contributed by atoms with van der Waals surface area (Å²) >= 11 is 1.43. The first-order valence-electron chi connectivity index (χ1n) is 7.20. The summed E-state index contributed by atoms with van der Waals surface area (Å²) in [6, 6.07) is 0.975. The number of nitrogens with two attached hydrogens (primary N) is 1. The fourth-order valence-electron chi connectivity index (χ4n) is 2.80. The van der Waals surface area contributed by atoms with Crippen molar-refractivity contribution in [2.45, 2.75) is 45.7 Å². The van der Waals surface area contributed by atoms with Crippen LogP contribution in [-0.4, -0.2) is 52.4 Å². The minimum Gasteiger partial charge on any atom is -0.375 e. The molecule has 0 spiro atoms. The molecule has 1 saturated heterocycles. The van der Waals surface area contributed by atoms with E-state index in [4.69, 9.17) is 5.73 Å². The minimum atomic E-state index is 0.229. The molecule has 1 aromatic heterocycles. The van der Waals surface area contributed by atoms with E-state index in [1.54, 1.807) is 0 Å². The van der Waals surface area contributed by atoms with Crippen LogP contribution in [0, 0.1) is 0 Å². The zero-order valence-corrected chi connectivity index (χ0v) is 13.3. The van der Waals surface area contributed by atoms with E-state index >= 15 is 0 Å². The van der Waals surface area contributed by atoms with E-state index in [9.17, 15) is 4.79 Å². The maximum Gasteiger partial charge on any atom is 0.223 e. The van der Waals surface area contributed by atoms with Gasteiger partial charge in [-0.25, -0.2) is 4.98 Å². The van der Waals surface area contributed by atoms with E-state index in [1.807, 2.05) is 10.3 Å². The Bertz CT molecular complexity index is 460. The Hall–Kier alpha value is -1.14. The second-order valence-electron chi connectivity index (χ2n) is 5.70. The average molecular weight is 296 g/mol. The molecule has 1 aromatic rings. The standard InChI is InChI=1S/C14H24N4OS/c1-10(2)18-7-6-17(8-11(18)3)13(19)5-4-12-9-20-14(15)16-12/h9-11H,4-8H2,1-3H3,(H2,15,16)/t11-/m1/s1. The number of anilines is 1. The molecule has 2 heterocycles. The number of thiazole rings is 1. The molecule has 5 nitrogen and oxygen atoms in total. The van der Waals surface area contributed by atoms with Crippen molar-refractivity contribution in [1.29, 1.82) is 0 Å². The Labute approximate surface area is 124 Å². The number of amides is 1. The Morgan fingerprint density at radius 1 is 1.55 bits per heavy atom. The smallest absolute Gasteiger partial charge is 0.223 e. The van der Waals surface area contributed by atoms with Crippen LogP contribution in [0.1, 0.15) is 32.9 Å². The van der Waals surface area contributed by atoms with Gasteiger partial charge in [0.2, 0.25) is 5.91 Å². The Morgan fingerprint density at radius 3 is 2.85 bits per heavy atom. The van der Waals surface area contributed by atoms with Gasteiger partial charge in [-0.2, -0.15) is 0 Å². The van der Waals surface area contributed by atoms with Crippen molar-refractivity contribution in [3.8, 4) is 0 Å². The van der Waals surface area contributed by atoms with Crippen molar-refractivity contribution in [3.63, 3.8) is 0 Å². The highest BCUT2D eigenvalue weighted by Gasteiger charge is 2.27. The first kappa shape index (κ1) is 15.3. The van der Waals surface area contributed by atoms with Crippen LogP contribution in [-0.2, 0) is 11.2 Å². The van der Waals surface area contributed by atoms with Crippen LogP contribution in [0.4, 0.5) is 5.13 Å². The van der Waals surface area contributed by atoms with Crippen LogP contribution >= 0.6 is 11.3 Å². The highest BCUT2D eigenvalue weighted by Crippen LogP contribution is 2.16. The van der Waals surface area contributed by atoms with E-state index in [0.717, 1.165) is 25.3 Å². The van der Waals surface area contributed by atoms with Gasteiger partial charge in [0.1, 0.15) is 0 Å². The van der Waals surface area contributed by atoms with E-state index in [1.165, 1.54) is 11.3 Å². The molecule has 2 rings (SSSR count). The molecule has 1 aliphatic rings. The van der Waals surface area contributed by atoms with Crippen LogP contribution in [0.2, 0.25) is 0 Å². The summed E-state index contributed by atoms with van der Waals surface area (Å²) in [7, 11) is 0. The summed E-state index contributed by atoms with van der Waals surface area (Å²) in [5.74, 6) is 0.229. The maximum absolute atomic E-state index is 12.3. The number of piperazine rings is 1. The lowest BCUT2D eigenvalue weighted by atomic mass is 10.1. The second-order valence-corrected chi connectivity index (χ2v) is 6.59. The number of carbonyl (C=O) groups excluding carboxylic acids is 1. The lowest BCUT2D eigenvalue weighted by Crippen LogP contribution is -2.55. The third-order valence-electron chi connectivity index (χ3n) is 3.86. The molecule has 1 atom stereocenters. The molecule has 0 bridgehead atoms. The van der Waals surface area contributed by atoms with Crippen molar-refractivity contribution in [2.75, 3.05) is 25.4 Å². The third kappa shape index (κ3) is 3.70. The molecule has 112 valence electrons. The van der Waals surface area contributed by atoms with Crippen molar-refractivity contribution in [1.82, 2.24) is 14.8 Å². The van der Waals surface area contributed by atoms with Gasteiger partial charge < -0.3 is 10.6 Å². The molecule has 0 aliphatic carbocycles. The Kier molecular flexibility index (Phi) is 4.99. The van der Waals surface area contributed by atoms with Gasteiger partial charge in [-0.3, -0.25) is 9.69 Å². The van der Waals surface area contributed by atoms with Gasteiger partial charge in [-0.1, -0.05) is 0 Å². The molecule has 1 amide bonds. The van der Waals surface area contributed by atoms with Crippen molar-refractivity contribution >= 4 is 22.4 Å². The van der Waals surface area contributed by atoms with Crippen LogP contribution in [0.5, 0.6) is 0 Å². The first-order chi connectivity index (χ1) is 9.47. The zero-order valence-electron chi connectivity index (χ0n) is 12.5. The Balaban J connectivity index is 1.82. The molecule has 2 N–H and O–H groups in total. The fourth-order valence-corrected chi connectivity index (χ4v) is 3.39. The molecular weight excluding hydrogens is 272 g/mol. The molecule has 0 aromatic carbocycles. The number of rotatable bonds is 4. The average Bonchev–Trinajstić information content (AvgIpc) is 2.81. The first-order valence-corrected chi connectivity index (χ1v) is 8.08. The summed E-state index contributed by atoms with van der Waals surface area (Å²) < 4.78 is 0. The fraction of sp³-hybridized carbons (Fsp3) is 0.714. The number of nitrogen functional groups attached to an aromatic ring is 1. The van der Waals surface area contributed by atoms with Gasteiger partial charge in [0.05, 0.1) is 5.69 Å². The second kappa shape index (κ2) is 6.54. The molecule has 20 heavy (non-hydrogen) atoms. The van der Waals surface area contributed by atoms with Crippen LogP contribution in [0.3, 0.4) is 0 Å². The predicted molar refractivity (Wildman–Crippen MR) is 82.7 cm³/mol. The minimum absolute atomic E-state index is 0.229. The summed E-state index contributed by atoms with van der Waals surface area (Å²) in [4.78, 5) is 20.9.